The van der Waals surface area contributed by atoms with Crippen molar-refractivity contribution in [3.8, 4) is 22.4 Å². The second-order valence-electron chi connectivity index (χ2n) is 6.45. The zero-order valence-electron chi connectivity index (χ0n) is 13.4. The first-order chi connectivity index (χ1) is 10.9. The fourth-order valence-corrected chi connectivity index (χ4v) is 2.31. The van der Waals surface area contributed by atoms with Crippen LogP contribution in [0.25, 0.3) is 22.4 Å². The summed E-state index contributed by atoms with van der Waals surface area (Å²) in [6, 6.07) is 10.2. The molecule has 3 rings (SSSR count). The van der Waals surface area contributed by atoms with Crippen molar-refractivity contribution in [1.29, 1.82) is 0 Å². The maximum atomic E-state index is 13.2. The Labute approximate surface area is 135 Å². The van der Waals surface area contributed by atoms with Gasteiger partial charge in [-0.2, -0.15) is 0 Å². The van der Waals surface area contributed by atoms with Crippen LogP contribution in [0.3, 0.4) is 0 Å². The molecular formula is C19H18FN3. The molecule has 116 valence electrons. The third kappa shape index (κ3) is 3.26. The van der Waals surface area contributed by atoms with Gasteiger partial charge in [0.15, 0.2) is 0 Å². The fourth-order valence-electron chi connectivity index (χ4n) is 2.31. The van der Waals surface area contributed by atoms with E-state index >= 15 is 0 Å². The monoisotopic (exact) mass is 307 g/mol. The molecule has 0 atom stereocenters. The van der Waals surface area contributed by atoms with Crippen LogP contribution in [0.1, 0.15) is 26.6 Å². The summed E-state index contributed by atoms with van der Waals surface area (Å²) in [5, 5.41) is 0. The molecule has 0 amide bonds. The van der Waals surface area contributed by atoms with Gasteiger partial charge in [-0.1, -0.05) is 32.9 Å². The van der Waals surface area contributed by atoms with Crippen LogP contribution in [0.2, 0.25) is 0 Å². The van der Waals surface area contributed by atoms with Crippen LogP contribution >= 0.6 is 0 Å². The number of rotatable bonds is 2. The number of pyridine rings is 1. The van der Waals surface area contributed by atoms with E-state index in [9.17, 15) is 4.39 Å². The number of hydrogen-bond donors (Lipinski definition) is 0. The summed E-state index contributed by atoms with van der Waals surface area (Å²) in [6.45, 7) is 6.24. The van der Waals surface area contributed by atoms with Crippen molar-refractivity contribution in [3.05, 3.63) is 66.6 Å². The number of benzene rings is 1. The van der Waals surface area contributed by atoms with Gasteiger partial charge < -0.3 is 0 Å². The first-order valence-corrected chi connectivity index (χ1v) is 7.49. The predicted octanol–water partition coefficient (Wildman–Crippen LogP) is 4.64. The lowest BCUT2D eigenvalue weighted by atomic mass is 9.94. The lowest BCUT2D eigenvalue weighted by Gasteiger charge is -2.19. The second-order valence-corrected chi connectivity index (χ2v) is 6.45. The molecule has 0 saturated heterocycles. The van der Waals surface area contributed by atoms with Gasteiger partial charge in [-0.05, 0) is 29.8 Å². The Bertz CT molecular complexity index is 806. The molecule has 0 spiro atoms. The summed E-state index contributed by atoms with van der Waals surface area (Å²) in [6.07, 6.45) is 5.29. The van der Waals surface area contributed by atoms with Gasteiger partial charge in [0.25, 0.3) is 0 Å². The van der Waals surface area contributed by atoms with Crippen LogP contribution in [0, 0.1) is 5.82 Å². The SMILES string of the molecule is CC(C)(C)c1ncc(-c2ccc(F)cc2)c(-c2ccncc2)n1. The van der Waals surface area contributed by atoms with E-state index in [1.54, 1.807) is 24.5 Å². The summed E-state index contributed by atoms with van der Waals surface area (Å²) in [7, 11) is 0. The van der Waals surface area contributed by atoms with Gasteiger partial charge in [0.05, 0.1) is 5.69 Å². The Morgan fingerprint density at radius 2 is 1.52 bits per heavy atom. The summed E-state index contributed by atoms with van der Waals surface area (Å²) in [5.41, 5.74) is 3.41. The maximum Gasteiger partial charge on any atom is 0.134 e. The van der Waals surface area contributed by atoms with Gasteiger partial charge in [-0.25, -0.2) is 14.4 Å². The summed E-state index contributed by atoms with van der Waals surface area (Å²) < 4.78 is 13.2. The van der Waals surface area contributed by atoms with Crippen molar-refractivity contribution in [3.63, 3.8) is 0 Å². The Morgan fingerprint density at radius 1 is 0.870 bits per heavy atom. The van der Waals surface area contributed by atoms with E-state index in [1.165, 1.54) is 12.1 Å². The molecule has 0 aliphatic rings. The third-order valence-corrected chi connectivity index (χ3v) is 3.57. The van der Waals surface area contributed by atoms with Crippen molar-refractivity contribution in [2.45, 2.75) is 26.2 Å². The lowest BCUT2D eigenvalue weighted by molar-refractivity contribution is 0.546. The molecule has 2 aromatic heterocycles. The molecule has 0 unspecified atom stereocenters. The molecule has 0 aliphatic heterocycles. The van der Waals surface area contributed by atoms with Gasteiger partial charge in [-0.15, -0.1) is 0 Å². The Kier molecular flexibility index (Phi) is 3.90. The van der Waals surface area contributed by atoms with Crippen molar-refractivity contribution in [2.24, 2.45) is 0 Å². The fraction of sp³-hybridized carbons (Fsp3) is 0.211. The van der Waals surface area contributed by atoms with Crippen LogP contribution in [-0.2, 0) is 5.41 Å². The molecule has 23 heavy (non-hydrogen) atoms. The minimum atomic E-state index is -0.258. The van der Waals surface area contributed by atoms with E-state index < -0.39 is 0 Å². The smallest absolute Gasteiger partial charge is 0.134 e. The van der Waals surface area contributed by atoms with Crippen molar-refractivity contribution >= 4 is 0 Å². The highest BCUT2D eigenvalue weighted by Gasteiger charge is 2.20. The van der Waals surface area contributed by atoms with Crippen LogP contribution < -0.4 is 0 Å². The van der Waals surface area contributed by atoms with Gasteiger partial charge in [0.1, 0.15) is 11.6 Å². The van der Waals surface area contributed by atoms with Crippen molar-refractivity contribution in [1.82, 2.24) is 15.0 Å². The van der Waals surface area contributed by atoms with Crippen molar-refractivity contribution < 1.29 is 4.39 Å². The Morgan fingerprint density at radius 3 is 2.13 bits per heavy atom. The van der Waals surface area contributed by atoms with Crippen LogP contribution in [0.5, 0.6) is 0 Å². The molecule has 0 N–H and O–H groups in total. The minimum absolute atomic E-state index is 0.150. The molecule has 2 heterocycles. The largest absolute Gasteiger partial charge is 0.265 e. The normalized spacial score (nSPS) is 11.5. The van der Waals surface area contributed by atoms with Crippen LogP contribution in [-0.4, -0.2) is 15.0 Å². The molecule has 0 aliphatic carbocycles. The molecule has 3 nitrogen and oxygen atoms in total. The molecule has 0 saturated carbocycles. The molecule has 1 aromatic carbocycles. The van der Waals surface area contributed by atoms with Gasteiger partial charge >= 0.3 is 0 Å². The van der Waals surface area contributed by atoms with E-state index in [4.69, 9.17) is 4.98 Å². The number of nitrogens with zero attached hydrogens (tertiary/aromatic N) is 3. The molecule has 0 bridgehead atoms. The quantitative estimate of drug-likeness (QED) is 0.692. The minimum Gasteiger partial charge on any atom is -0.265 e. The topological polar surface area (TPSA) is 38.7 Å². The lowest BCUT2D eigenvalue weighted by Crippen LogP contribution is -2.16. The average molecular weight is 307 g/mol. The van der Waals surface area contributed by atoms with Crippen LogP contribution in [0.15, 0.2) is 55.0 Å². The predicted molar refractivity (Wildman–Crippen MR) is 89.4 cm³/mol. The van der Waals surface area contributed by atoms with E-state index in [-0.39, 0.29) is 11.2 Å². The van der Waals surface area contributed by atoms with Gasteiger partial charge in [0.2, 0.25) is 0 Å². The van der Waals surface area contributed by atoms with E-state index in [0.29, 0.717) is 0 Å². The molecule has 0 fully saturated rings. The van der Waals surface area contributed by atoms with Crippen molar-refractivity contribution in [2.75, 3.05) is 0 Å². The summed E-state index contributed by atoms with van der Waals surface area (Å²) in [5.74, 6) is 0.515. The highest BCUT2D eigenvalue weighted by molar-refractivity contribution is 5.79. The van der Waals surface area contributed by atoms with Gasteiger partial charge in [-0.3, -0.25) is 4.98 Å². The molecule has 0 radical (unpaired) electrons. The maximum absolute atomic E-state index is 13.2. The standard InChI is InChI=1S/C19H18FN3/c1-19(2,3)18-22-12-16(13-4-6-15(20)7-5-13)17(23-18)14-8-10-21-11-9-14/h4-12H,1-3H3. The zero-order valence-corrected chi connectivity index (χ0v) is 13.4. The number of aromatic nitrogens is 3. The number of halogens is 1. The van der Waals surface area contributed by atoms with Gasteiger partial charge in [0, 0.05) is 35.1 Å². The summed E-state index contributed by atoms with van der Waals surface area (Å²) >= 11 is 0. The summed E-state index contributed by atoms with van der Waals surface area (Å²) in [4.78, 5) is 13.4. The van der Waals surface area contributed by atoms with E-state index in [0.717, 1.165) is 28.2 Å². The second kappa shape index (κ2) is 5.88. The average Bonchev–Trinajstić information content (AvgIpc) is 2.55. The Hall–Kier alpha value is -2.62. The zero-order chi connectivity index (χ0) is 16.4. The number of hydrogen-bond acceptors (Lipinski definition) is 3. The van der Waals surface area contributed by atoms with E-state index in [1.807, 2.05) is 18.3 Å². The highest BCUT2D eigenvalue weighted by Crippen LogP contribution is 2.31. The van der Waals surface area contributed by atoms with E-state index in [2.05, 4.69) is 30.7 Å². The highest BCUT2D eigenvalue weighted by atomic mass is 19.1. The van der Waals surface area contributed by atoms with Crippen LogP contribution in [0.4, 0.5) is 4.39 Å². The first kappa shape index (κ1) is 15.3. The Balaban J connectivity index is 2.21. The molecular weight excluding hydrogens is 289 g/mol. The third-order valence-electron chi connectivity index (χ3n) is 3.57. The molecule has 4 heteroatoms. The first-order valence-electron chi connectivity index (χ1n) is 7.49. The molecule has 3 aromatic rings.